The number of benzene rings is 2. The molecular formula is C16H12BrNO3. The number of para-hydroxylation sites is 1. The van der Waals surface area contributed by atoms with Crippen molar-refractivity contribution >= 4 is 33.3 Å². The molecule has 0 radical (unpaired) electrons. The smallest absolute Gasteiger partial charge is 0.262 e. The third-order valence-electron chi connectivity index (χ3n) is 3.49. The van der Waals surface area contributed by atoms with Gasteiger partial charge in [-0.25, -0.2) is 0 Å². The molecule has 0 unspecified atom stereocenters. The summed E-state index contributed by atoms with van der Waals surface area (Å²) in [6, 6.07) is 11.8. The van der Waals surface area contributed by atoms with Gasteiger partial charge in [0.05, 0.1) is 11.3 Å². The lowest BCUT2D eigenvalue weighted by atomic mass is 9.99. The fourth-order valence-corrected chi connectivity index (χ4v) is 2.81. The second kappa shape index (κ2) is 5.33. The molecule has 106 valence electrons. The Labute approximate surface area is 130 Å². The molecule has 0 bridgehead atoms. The van der Waals surface area contributed by atoms with E-state index in [1.165, 1.54) is 11.0 Å². The van der Waals surface area contributed by atoms with Crippen molar-refractivity contribution in [1.82, 2.24) is 0 Å². The first-order chi connectivity index (χ1) is 10.1. The van der Waals surface area contributed by atoms with Gasteiger partial charge in [-0.05, 0) is 30.3 Å². The van der Waals surface area contributed by atoms with E-state index in [2.05, 4.69) is 15.9 Å². The Morgan fingerprint density at radius 2 is 1.95 bits per heavy atom. The fraction of sp³-hybridized carbons (Fsp3) is 0.125. The number of amides is 1. The number of carbonyl (C=O) groups is 2. The maximum atomic E-state index is 12.7. The van der Waals surface area contributed by atoms with Crippen LogP contribution in [0.25, 0.3) is 0 Å². The van der Waals surface area contributed by atoms with E-state index in [1.807, 2.05) is 0 Å². The Morgan fingerprint density at radius 3 is 2.76 bits per heavy atom. The van der Waals surface area contributed by atoms with Gasteiger partial charge in [-0.15, -0.1) is 0 Å². The van der Waals surface area contributed by atoms with Gasteiger partial charge in [-0.3, -0.25) is 9.59 Å². The average Bonchev–Trinajstić information content (AvgIpc) is 2.50. The van der Waals surface area contributed by atoms with Crippen molar-refractivity contribution in [3.05, 3.63) is 58.1 Å². The summed E-state index contributed by atoms with van der Waals surface area (Å²) in [6.07, 6.45) is 0.289. The third kappa shape index (κ3) is 2.45. The summed E-state index contributed by atoms with van der Waals surface area (Å²) in [7, 11) is 0. The van der Waals surface area contributed by atoms with E-state index in [-0.39, 0.29) is 29.4 Å². The first-order valence-corrected chi connectivity index (χ1v) is 7.30. The first-order valence-electron chi connectivity index (χ1n) is 6.50. The summed E-state index contributed by atoms with van der Waals surface area (Å²) in [5.74, 6) is -0.348. The number of nitrogens with zero attached hydrogens (tertiary/aromatic N) is 1. The van der Waals surface area contributed by atoms with Crippen LogP contribution >= 0.6 is 15.9 Å². The van der Waals surface area contributed by atoms with Crippen molar-refractivity contribution < 1.29 is 14.7 Å². The molecule has 1 aliphatic rings. The van der Waals surface area contributed by atoms with Crippen LogP contribution in [0.2, 0.25) is 0 Å². The van der Waals surface area contributed by atoms with E-state index in [0.29, 0.717) is 22.3 Å². The largest absolute Gasteiger partial charge is 0.507 e. The van der Waals surface area contributed by atoms with Gasteiger partial charge in [-0.2, -0.15) is 0 Å². The number of phenols is 1. The third-order valence-corrected chi connectivity index (χ3v) is 3.99. The lowest BCUT2D eigenvalue weighted by molar-refractivity contribution is 0.0954. The number of hydrogen-bond acceptors (Lipinski definition) is 3. The minimum Gasteiger partial charge on any atom is -0.507 e. The molecule has 5 heteroatoms. The SMILES string of the molecule is O=C1CCN(C(=O)c2cc(Br)ccc2O)c2ccccc21. The van der Waals surface area contributed by atoms with Crippen molar-refractivity contribution in [1.29, 1.82) is 0 Å². The second-order valence-corrected chi connectivity index (χ2v) is 5.72. The summed E-state index contributed by atoms with van der Waals surface area (Å²) >= 11 is 3.29. The number of phenolic OH excluding ortho intramolecular Hbond substituents is 1. The van der Waals surface area contributed by atoms with Crippen LogP contribution in [-0.4, -0.2) is 23.3 Å². The Morgan fingerprint density at radius 1 is 1.19 bits per heavy atom. The Bertz CT molecular complexity index is 742. The Balaban J connectivity index is 2.05. The normalized spacial score (nSPS) is 14.0. The molecule has 0 aromatic heterocycles. The molecule has 1 heterocycles. The number of hydrogen-bond donors (Lipinski definition) is 1. The maximum Gasteiger partial charge on any atom is 0.262 e. The van der Waals surface area contributed by atoms with E-state index >= 15 is 0 Å². The summed E-state index contributed by atoms with van der Waals surface area (Å²) in [4.78, 5) is 26.1. The Kier molecular flexibility index (Phi) is 3.51. The molecule has 0 spiro atoms. The van der Waals surface area contributed by atoms with E-state index in [4.69, 9.17) is 0 Å². The number of rotatable bonds is 1. The lowest BCUT2D eigenvalue weighted by Crippen LogP contribution is -2.37. The molecule has 2 aromatic carbocycles. The topological polar surface area (TPSA) is 57.6 Å². The molecule has 0 fully saturated rings. The quantitative estimate of drug-likeness (QED) is 0.861. The monoisotopic (exact) mass is 345 g/mol. The van der Waals surface area contributed by atoms with Crippen LogP contribution in [0.5, 0.6) is 5.75 Å². The molecular weight excluding hydrogens is 334 g/mol. The molecule has 1 aliphatic heterocycles. The van der Waals surface area contributed by atoms with Gasteiger partial charge in [0.15, 0.2) is 5.78 Å². The predicted octanol–water partition coefficient (Wildman–Crippen LogP) is 3.39. The number of fused-ring (bicyclic) bond motifs is 1. The summed E-state index contributed by atoms with van der Waals surface area (Å²) in [5.41, 5.74) is 1.36. The molecule has 21 heavy (non-hydrogen) atoms. The van der Waals surface area contributed by atoms with E-state index < -0.39 is 0 Å². The first kappa shape index (κ1) is 13.8. The predicted molar refractivity (Wildman–Crippen MR) is 82.9 cm³/mol. The van der Waals surface area contributed by atoms with Gasteiger partial charge in [-0.1, -0.05) is 28.1 Å². The molecule has 3 rings (SSSR count). The van der Waals surface area contributed by atoms with Gasteiger partial charge >= 0.3 is 0 Å². The number of carbonyl (C=O) groups excluding carboxylic acids is 2. The highest BCUT2D eigenvalue weighted by Gasteiger charge is 2.28. The van der Waals surface area contributed by atoms with Crippen LogP contribution in [0.1, 0.15) is 27.1 Å². The van der Waals surface area contributed by atoms with E-state index in [9.17, 15) is 14.7 Å². The molecule has 1 amide bonds. The zero-order valence-corrected chi connectivity index (χ0v) is 12.6. The standard InChI is InChI=1S/C16H12BrNO3/c17-10-5-6-14(19)12(9-10)16(21)18-8-7-15(20)11-3-1-2-4-13(11)18/h1-6,9,19H,7-8H2. The highest BCUT2D eigenvalue weighted by atomic mass is 79.9. The molecule has 0 saturated heterocycles. The van der Waals surface area contributed by atoms with Crippen LogP contribution < -0.4 is 4.90 Å². The summed E-state index contributed by atoms with van der Waals surface area (Å²) in [5, 5.41) is 9.90. The lowest BCUT2D eigenvalue weighted by Gasteiger charge is -2.28. The number of ketones is 1. The average molecular weight is 346 g/mol. The van der Waals surface area contributed by atoms with Gasteiger partial charge < -0.3 is 10.0 Å². The molecule has 0 aliphatic carbocycles. The van der Waals surface area contributed by atoms with Gasteiger partial charge in [0.2, 0.25) is 0 Å². The van der Waals surface area contributed by atoms with Crippen molar-refractivity contribution in [2.75, 3.05) is 11.4 Å². The summed E-state index contributed by atoms with van der Waals surface area (Å²) in [6.45, 7) is 0.320. The van der Waals surface area contributed by atoms with Gasteiger partial charge in [0.25, 0.3) is 5.91 Å². The van der Waals surface area contributed by atoms with Crippen LogP contribution in [-0.2, 0) is 0 Å². The molecule has 0 saturated carbocycles. The van der Waals surface area contributed by atoms with Crippen LogP contribution in [0.3, 0.4) is 0 Å². The van der Waals surface area contributed by atoms with Crippen LogP contribution in [0.4, 0.5) is 5.69 Å². The van der Waals surface area contributed by atoms with Crippen molar-refractivity contribution in [3.63, 3.8) is 0 Å². The number of anilines is 1. The number of Topliss-reactive ketones (excluding diaryl/α,β-unsaturated/α-hetero) is 1. The molecule has 2 aromatic rings. The van der Waals surface area contributed by atoms with Crippen LogP contribution in [0, 0.1) is 0 Å². The maximum absolute atomic E-state index is 12.7. The highest BCUT2D eigenvalue weighted by Crippen LogP contribution is 2.30. The number of halogens is 1. The minimum absolute atomic E-state index is 0.0353. The van der Waals surface area contributed by atoms with Crippen molar-refractivity contribution in [3.8, 4) is 5.75 Å². The zero-order chi connectivity index (χ0) is 15.0. The van der Waals surface area contributed by atoms with E-state index in [0.717, 1.165) is 0 Å². The van der Waals surface area contributed by atoms with Gasteiger partial charge in [0.1, 0.15) is 5.75 Å². The van der Waals surface area contributed by atoms with E-state index in [1.54, 1.807) is 36.4 Å². The van der Waals surface area contributed by atoms with Crippen LogP contribution in [0.15, 0.2) is 46.9 Å². The molecule has 0 atom stereocenters. The second-order valence-electron chi connectivity index (χ2n) is 4.81. The highest BCUT2D eigenvalue weighted by molar-refractivity contribution is 9.10. The molecule has 4 nitrogen and oxygen atoms in total. The summed E-state index contributed by atoms with van der Waals surface area (Å²) < 4.78 is 0.713. The Hall–Kier alpha value is -2.14. The minimum atomic E-state index is -0.311. The fourth-order valence-electron chi connectivity index (χ4n) is 2.45. The van der Waals surface area contributed by atoms with Gasteiger partial charge in [0, 0.05) is 23.0 Å². The van der Waals surface area contributed by atoms with Crippen molar-refractivity contribution in [2.45, 2.75) is 6.42 Å². The molecule has 1 N–H and O–H groups in total. The van der Waals surface area contributed by atoms with Crippen molar-refractivity contribution in [2.24, 2.45) is 0 Å². The zero-order valence-electron chi connectivity index (χ0n) is 11.0. The number of aromatic hydroxyl groups is 1.